The molecule has 1 aliphatic heterocycles. The molecule has 39 heavy (non-hydrogen) atoms. The third-order valence-electron chi connectivity index (χ3n) is 6.15. The number of anilines is 1. The summed E-state index contributed by atoms with van der Waals surface area (Å²) in [6, 6.07) is 17.2. The molecular formula is C28H23Cl3N4O4. The zero-order valence-corrected chi connectivity index (χ0v) is 23.2. The van der Waals surface area contributed by atoms with E-state index in [9.17, 15) is 4.79 Å². The molecule has 200 valence electrons. The molecule has 0 spiro atoms. The van der Waals surface area contributed by atoms with Gasteiger partial charge in [0.05, 0.1) is 25.0 Å². The van der Waals surface area contributed by atoms with Crippen LogP contribution in [0.4, 0.5) is 5.95 Å². The smallest absolute Gasteiger partial charge is 0.338 e. The van der Waals surface area contributed by atoms with Gasteiger partial charge in [0.1, 0.15) is 19.0 Å². The van der Waals surface area contributed by atoms with Crippen molar-refractivity contribution in [2.24, 2.45) is 0 Å². The standard InChI is InChI=1S/C28H23Cl3N4O4/c1-3-38-23-13-17(9-12-22(23)39-14-19-20(30)5-4-6-21(19)31)26-24(27(36)37-2)25(16-7-10-18(29)11-8-16)34-28-32-15-33-35(26)28/h4-13,15,26H,3,14H2,1-2H3,(H,32,33,34)/t26-/m0/s1. The van der Waals surface area contributed by atoms with E-state index in [2.05, 4.69) is 15.4 Å². The summed E-state index contributed by atoms with van der Waals surface area (Å²) in [5, 5.41) is 9.21. The summed E-state index contributed by atoms with van der Waals surface area (Å²) in [4.78, 5) is 17.6. The van der Waals surface area contributed by atoms with E-state index < -0.39 is 12.0 Å². The third-order valence-corrected chi connectivity index (χ3v) is 7.11. The molecule has 1 aliphatic rings. The lowest BCUT2D eigenvalue weighted by molar-refractivity contribution is -0.136. The normalized spacial score (nSPS) is 14.4. The molecule has 0 bridgehead atoms. The fourth-order valence-corrected chi connectivity index (χ4v) is 4.98. The van der Waals surface area contributed by atoms with E-state index in [1.165, 1.54) is 13.4 Å². The summed E-state index contributed by atoms with van der Waals surface area (Å²) in [6.45, 7) is 2.41. The highest BCUT2D eigenvalue weighted by Gasteiger charge is 2.36. The first-order valence-corrected chi connectivity index (χ1v) is 13.1. The van der Waals surface area contributed by atoms with Gasteiger partial charge in [-0.1, -0.05) is 59.1 Å². The summed E-state index contributed by atoms with van der Waals surface area (Å²) in [5.74, 6) is 0.913. The lowest BCUT2D eigenvalue weighted by Crippen LogP contribution is -2.29. The number of aromatic nitrogens is 3. The number of benzene rings is 3. The van der Waals surface area contributed by atoms with Crippen LogP contribution in [0.1, 0.15) is 29.7 Å². The molecule has 3 aromatic carbocycles. The van der Waals surface area contributed by atoms with Crippen LogP contribution >= 0.6 is 34.8 Å². The van der Waals surface area contributed by atoms with E-state index in [0.717, 1.165) is 5.56 Å². The summed E-state index contributed by atoms with van der Waals surface area (Å²) in [7, 11) is 1.34. The second kappa shape index (κ2) is 11.6. The molecule has 11 heteroatoms. The molecule has 0 saturated carbocycles. The van der Waals surface area contributed by atoms with Crippen molar-refractivity contribution in [3.8, 4) is 11.5 Å². The number of hydrogen-bond donors (Lipinski definition) is 1. The minimum Gasteiger partial charge on any atom is -0.490 e. The highest BCUT2D eigenvalue weighted by molar-refractivity contribution is 6.36. The van der Waals surface area contributed by atoms with Gasteiger partial charge in [0.15, 0.2) is 11.5 Å². The second-order valence-corrected chi connectivity index (χ2v) is 9.72. The fraction of sp³-hybridized carbons (Fsp3) is 0.179. The van der Waals surface area contributed by atoms with Gasteiger partial charge in [-0.3, -0.25) is 0 Å². The molecule has 1 N–H and O–H groups in total. The monoisotopic (exact) mass is 584 g/mol. The van der Waals surface area contributed by atoms with E-state index in [-0.39, 0.29) is 6.61 Å². The molecule has 1 aromatic heterocycles. The number of halogens is 3. The van der Waals surface area contributed by atoms with Gasteiger partial charge in [-0.15, -0.1) is 0 Å². The maximum absolute atomic E-state index is 13.2. The van der Waals surface area contributed by atoms with Crippen LogP contribution in [0, 0.1) is 0 Å². The fourth-order valence-electron chi connectivity index (χ4n) is 4.34. The van der Waals surface area contributed by atoms with Crippen molar-refractivity contribution in [3.05, 3.63) is 104 Å². The molecule has 8 nitrogen and oxygen atoms in total. The van der Waals surface area contributed by atoms with E-state index in [4.69, 9.17) is 49.0 Å². The Bertz CT molecular complexity index is 1530. The predicted octanol–water partition coefficient (Wildman–Crippen LogP) is 6.82. The maximum atomic E-state index is 13.2. The largest absolute Gasteiger partial charge is 0.490 e. The molecule has 0 unspecified atom stereocenters. The lowest BCUT2D eigenvalue weighted by atomic mass is 9.92. The molecule has 2 heterocycles. The van der Waals surface area contributed by atoms with Crippen molar-refractivity contribution in [3.63, 3.8) is 0 Å². The molecule has 0 fully saturated rings. The van der Waals surface area contributed by atoms with Crippen molar-refractivity contribution >= 4 is 52.4 Å². The predicted molar refractivity (Wildman–Crippen MR) is 151 cm³/mol. The summed E-state index contributed by atoms with van der Waals surface area (Å²) in [6.07, 6.45) is 1.42. The van der Waals surface area contributed by atoms with Crippen LogP contribution in [0.5, 0.6) is 11.5 Å². The Hall–Kier alpha value is -3.72. The minimum atomic E-state index is -0.673. The Morgan fingerprint density at radius 1 is 1.00 bits per heavy atom. The lowest BCUT2D eigenvalue weighted by Gasteiger charge is -2.29. The Morgan fingerprint density at radius 3 is 2.44 bits per heavy atom. The molecular weight excluding hydrogens is 563 g/mol. The topological polar surface area (TPSA) is 87.5 Å². The number of carbonyl (C=O) groups excluding carboxylic acids is 1. The molecule has 0 saturated heterocycles. The summed E-state index contributed by atoms with van der Waals surface area (Å²) < 4.78 is 18.8. The van der Waals surface area contributed by atoms with Crippen LogP contribution < -0.4 is 14.8 Å². The van der Waals surface area contributed by atoms with Crippen LogP contribution in [0.3, 0.4) is 0 Å². The van der Waals surface area contributed by atoms with Gasteiger partial charge in [0.25, 0.3) is 0 Å². The van der Waals surface area contributed by atoms with E-state index >= 15 is 0 Å². The van der Waals surface area contributed by atoms with Crippen molar-refractivity contribution in [2.45, 2.75) is 19.6 Å². The molecule has 4 aromatic rings. The quantitative estimate of drug-likeness (QED) is 0.227. The molecule has 5 rings (SSSR count). The Labute approximate surface area is 240 Å². The van der Waals surface area contributed by atoms with E-state index in [1.54, 1.807) is 41.1 Å². The number of methoxy groups -OCH3 is 1. The molecule has 0 radical (unpaired) electrons. The van der Waals surface area contributed by atoms with Gasteiger partial charge in [-0.05, 0) is 54.4 Å². The highest BCUT2D eigenvalue weighted by atomic mass is 35.5. The molecule has 0 aliphatic carbocycles. The highest BCUT2D eigenvalue weighted by Crippen LogP contribution is 2.41. The third kappa shape index (κ3) is 5.41. The van der Waals surface area contributed by atoms with Gasteiger partial charge in [-0.2, -0.15) is 10.1 Å². The minimum absolute atomic E-state index is 0.145. The van der Waals surface area contributed by atoms with Gasteiger partial charge in [0, 0.05) is 20.6 Å². The number of rotatable bonds is 8. The summed E-state index contributed by atoms with van der Waals surface area (Å²) >= 11 is 18.8. The first-order chi connectivity index (χ1) is 18.9. The maximum Gasteiger partial charge on any atom is 0.338 e. The Kier molecular flexibility index (Phi) is 7.97. The van der Waals surface area contributed by atoms with Gasteiger partial charge >= 0.3 is 5.97 Å². The summed E-state index contributed by atoms with van der Waals surface area (Å²) in [5.41, 5.74) is 3.00. The number of nitrogens with one attached hydrogen (secondary N) is 1. The van der Waals surface area contributed by atoms with Crippen molar-refractivity contribution in [2.75, 3.05) is 19.0 Å². The zero-order valence-electron chi connectivity index (χ0n) is 21.0. The van der Waals surface area contributed by atoms with Crippen LogP contribution in [0.2, 0.25) is 15.1 Å². The number of nitrogens with zero attached hydrogens (tertiary/aromatic N) is 3. The Morgan fingerprint density at radius 2 is 1.74 bits per heavy atom. The van der Waals surface area contributed by atoms with Crippen LogP contribution in [0.25, 0.3) is 5.70 Å². The van der Waals surface area contributed by atoms with Crippen LogP contribution in [-0.4, -0.2) is 34.5 Å². The number of hydrogen-bond acceptors (Lipinski definition) is 7. The van der Waals surface area contributed by atoms with Gasteiger partial charge in [-0.25, -0.2) is 9.48 Å². The second-order valence-electron chi connectivity index (χ2n) is 8.47. The number of fused-ring (bicyclic) bond motifs is 1. The van der Waals surface area contributed by atoms with E-state index in [0.29, 0.717) is 61.5 Å². The van der Waals surface area contributed by atoms with Gasteiger partial charge < -0.3 is 19.5 Å². The average Bonchev–Trinajstić information content (AvgIpc) is 3.41. The zero-order chi connectivity index (χ0) is 27.5. The van der Waals surface area contributed by atoms with Gasteiger partial charge in [0.2, 0.25) is 5.95 Å². The van der Waals surface area contributed by atoms with Crippen molar-refractivity contribution in [1.82, 2.24) is 14.8 Å². The SMILES string of the molecule is CCOc1cc([C@H]2C(C(=O)OC)=C(c3ccc(Cl)cc3)Nc3ncnn32)ccc1OCc1c(Cl)cccc1Cl. The van der Waals surface area contributed by atoms with Crippen LogP contribution in [0.15, 0.2) is 72.6 Å². The number of carbonyl (C=O) groups is 1. The first-order valence-electron chi connectivity index (χ1n) is 12.0. The van der Waals surface area contributed by atoms with Crippen LogP contribution in [-0.2, 0) is 16.1 Å². The molecule has 1 atom stereocenters. The first kappa shape index (κ1) is 26.9. The molecule has 0 amide bonds. The Balaban J connectivity index is 1.59. The van der Waals surface area contributed by atoms with Crippen molar-refractivity contribution in [1.29, 1.82) is 0 Å². The number of ether oxygens (including phenoxy) is 3. The van der Waals surface area contributed by atoms with E-state index in [1.807, 2.05) is 31.2 Å². The van der Waals surface area contributed by atoms with Crippen molar-refractivity contribution < 1.29 is 19.0 Å². The average molecular weight is 586 g/mol. The number of esters is 1.